The van der Waals surface area contributed by atoms with Gasteiger partial charge in [0.15, 0.2) is 0 Å². The third kappa shape index (κ3) is 3.50. The molecule has 2 N–H and O–H groups in total. The van der Waals surface area contributed by atoms with Crippen LogP contribution >= 0.6 is 0 Å². The predicted molar refractivity (Wildman–Crippen MR) is 79.5 cm³/mol. The van der Waals surface area contributed by atoms with Gasteiger partial charge < -0.3 is 5.73 Å². The second-order valence-corrected chi connectivity index (χ2v) is 7.36. The van der Waals surface area contributed by atoms with Crippen molar-refractivity contribution in [2.24, 2.45) is 23.5 Å². The lowest BCUT2D eigenvalue weighted by Crippen LogP contribution is -2.46. The van der Waals surface area contributed by atoms with E-state index in [0.29, 0.717) is 0 Å². The summed E-state index contributed by atoms with van der Waals surface area (Å²) in [7, 11) is 0. The number of rotatable bonds is 2. The maximum Gasteiger partial charge on any atom is 0.0182 e. The quantitative estimate of drug-likeness (QED) is 0.695. The molecular weight excluding hydrogens is 218 g/mol. The van der Waals surface area contributed by atoms with Gasteiger partial charge in [-0.25, -0.2) is 0 Å². The molecule has 2 aliphatic carbocycles. The molecule has 106 valence electrons. The third-order valence-electron chi connectivity index (χ3n) is 5.81. The Bertz CT molecular complexity index is 240. The fourth-order valence-corrected chi connectivity index (χ4v) is 4.35. The van der Waals surface area contributed by atoms with E-state index in [9.17, 15) is 0 Å². The van der Waals surface area contributed by atoms with Crippen molar-refractivity contribution in [2.75, 3.05) is 0 Å². The SMILES string of the molecule is CC(C)C1CCCC(N)(C2CCCCCC2)CC1. The summed E-state index contributed by atoms with van der Waals surface area (Å²) in [4.78, 5) is 0. The molecule has 0 saturated heterocycles. The minimum absolute atomic E-state index is 0.188. The molecule has 0 aromatic heterocycles. The van der Waals surface area contributed by atoms with Crippen LogP contribution in [0.1, 0.15) is 84.5 Å². The zero-order valence-electron chi connectivity index (χ0n) is 12.6. The van der Waals surface area contributed by atoms with Crippen molar-refractivity contribution < 1.29 is 0 Å². The fourth-order valence-electron chi connectivity index (χ4n) is 4.35. The summed E-state index contributed by atoms with van der Waals surface area (Å²) in [6.45, 7) is 4.78. The normalized spacial score (nSPS) is 36.3. The molecule has 1 nitrogen and oxygen atoms in total. The maximum absolute atomic E-state index is 6.87. The largest absolute Gasteiger partial charge is 0.325 e. The standard InChI is InChI=1S/C17H33N/c1-14(2)15-8-7-12-17(18,13-11-15)16-9-5-3-4-6-10-16/h14-16H,3-13,18H2,1-2H3. The van der Waals surface area contributed by atoms with Gasteiger partial charge in [0.05, 0.1) is 0 Å². The molecule has 0 bridgehead atoms. The first-order valence-corrected chi connectivity index (χ1v) is 8.41. The van der Waals surface area contributed by atoms with E-state index in [1.165, 1.54) is 70.6 Å². The molecule has 2 saturated carbocycles. The molecular formula is C17H33N. The van der Waals surface area contributed by atoms with Crippen molar-refractivity contribution in [3.63, 3.8) is 0 Å². The molecule has 0 heterocycles. The third-order valence-corrected chi connectivity index (χ3v) is 5.81. The highest BCUT2D eigenvalue weighted by Gasteiger charge is 2.36. The van der Waals surface area contributed by atoms with Crippen molar-refractivity contribution in [1.82, 2.24) is 0 Å². The average Bonchev–Trinajstić information content (AvgIpc) is 2.70. The van der Waals surface area contributed by atoms with E-state index in [2.05, 4.69) is 13.8 Å². The number of hydrogen-bond acceptors (Lipinski definition) is 1. The highest BCUT2D eigenvalue weighted by atomic mass is 14.8. The molecule has 0 aromatic rings. The van der Waals surface area contributed by atoms with Crippen LogP contribution in [0.25, 0.3) is 0 Å². The van der Waals surface area contributed by atoms with Crippen molar-refractivity contribution in [2.45, 2.75) is 90.0 Å². The molecule has 0 aromatic carbocycles. The van der Waals surface area contributed by atoms with E-state index in [-0.39, 0.29) is 5.54 Å². The van der Waals surface area contributed by atoms with E-state index in [1.54, 1.807) is 0 Å². The lowest BCUT2D eigenvalue weighted by molar-refractivity contribution is 0.210. The summed E-state index contributed by atoms with van der Waals surface area (Å²) < 4.78 is 0. The van der Waals surface area contributed by atoms with E-state index in [1.807, 2.05) is 0 Å². The van der Waals surface area contributed by atoms with Crippen LogP contribution in [-0.2, 0) is 0 Å². The second kappa shape index (κ2) is 6.41. The van der Waals surface area contributed by atoms with Crippen LogP contribution in [0.15, 0.2) is 0 Å². The van der Waals surface area contributed by atoms with Gasteiger partial charge in [-0.05, 0) is 49.9 Å². The maximum atomic E-state index is 6.87. The van der Waals surface area contributed by atoms with Gasteiger partial charge >= 0.3 is 0 Å². The molecule has 2 fully saturated rings. The lowest BCUT2D eigenvalue weighted by atomic mass is 9.74. The Morgan fingerprint density at radius 2 is 1.50 bits per heavy atom. The summed E-state index contributed by atoms with van der Waals surface area (Å²) in [6, 6.07) is 0. The monoisotopic (exact) mass is 251 g/mol. The first kappa shape index (κ1) is 14.4. The summed E-state index contributed by atoms with van der Waals surface area (Å²) in [5, 5.41) is 0. The lowest BCUT2D eigenvalue weighted by Gasteiger charge is -2.37. The summed E-state index contributed by atoms with van der Waals surface area (Å²) in [6.07, 6.45) is 15.3. The molecule has 1 heteroatoms. The van der Waals surface area contributed by atoms with Crippen LogP contribution in [0, 0.1) is 17.8 Å². The summed E-state index contributed by atoms with van der Waals surface area (Å²) in [5.74, 6) is 2.61. The minimum Gasteiger partial charge on any atom is -0.325 e. The summed E-state index contributed by atoms with van der Waals surface area (Å²) >= 11 is 0. The van der Waals surface area contributed by atoms with E-state index in [0.717, 1.165) is 17.8 Å². The molecule has 2 unspecified atom stereocenters. The van der Waals surface area contributed by atoms with Crippen LogP contribution in [0.5, 0.6) is 0 Å². The summed E-state index contributed by atoms with van der Waals surface area (Å²) in [5.41, 5.74) is 7.05. The Morgan fingerprint density at radius 1 is 0.833 bits per heavy atom. The van der Waals surface area contributed by atoms with Crippen molar-refractivity contribution in [3.05, 3.63) is 0 Å². The highest BCUT2D eigenvalue weighted by Crippen LogP contribution is 2.41. The van der Waals surface area contributed by atoms with Crippen LogP contribution in [-0.4, -0.2) is 5.54 Å². The van der Waals surface area contributed by atoms with E-state index in [4.69, 9.17) is 5.73 Å². The first-order valence-electron chi connectivity index (χ1n) is 8.41. The van der Waals surface area contributed by atoms with Gasteiger partial charge in [0.1, 0.15) is 0 Å². The topological polar surface area (TPSA) is 26.0 Å². The van der Waals surface area contributed by atoms with Gasteiger partial charge in [0.2, 0.25) is 0 Å². The van der Waals surface area contributed by atoms with Gasteiger partial charge in [0, 0.05) is 5.54 Å². The number of hydrogen-bond donors (Lipinski definition) is 1. The molecule has 2 atom stereocenters. The minimum atomic E-state index is 0.188. The van der Waals surface area contributed by atoms with Crippen molar-refractivity contribution in [3.8, 4) is 0 Å². The van der Waals surface area contributed by atoms with Crippen LogP contribution in [0.4, 0.5) is 0 Å². The Labute approximate surface area is 114 Å². The fraction of sp³-hybridized carbons (Fsp3) is 1.00. The van der Waals surface area contributed by atoms with Gasteiger partial charge in [-0.3, -0.25) is 0 Å². The highest BCUT2D eigenvalue weighted by molar-refractivity contribution is 4.94. The molecule has 18 heavy (non-hydrogen) atoms. The molecule has 0 spiro atoms. The zero-order valence-corrected chi connectivity index (χ0v) is 12.6. The Balaban J connectivity index is 1.96. The van der Waals surface area contributed by atoms with E-state index < -0.39 is 0 Å². The molecule has 0 amide bonds. The molecule has 0 radical (unpaired) electrons. The number of nitrogens with two attached hydrogens (primary N) is 1. The molecule has 2 rings (SSSR count). The van der Waals surface area contributed by atoms with Gasteiger partial charge in [-0.1, -0.05) is 52.4 Å². The Hall–Kier alpha value is -0.0400. The Morgan fingerprint density at radius 3 is 2.11 bits per heavy atom. The van der Waals surface area contributed by atoms with Gasteiger partial charge in [-0.2, -0.15) is 0 Å². The van der Waals surface area contributed by atoms with Gasteiger partial charge in [0.25, 0.3) is 0 Å². The van der Waals surface area contributed by atoms with E-state index >= 15 is 0 Å². The van der Waals surface area contributed by atoms with Crippen molar-refractivity contribution >= 4 is 0 Å². The van der Waals surface area contributed by atoms with Crippen LogP contribution in [0.2, 0.25) is 0 Å². The Kier molecular flexibility index (Phi) is 5.12. The second-order valence-electron chi connectivity index (χ2n) is 7.36. The van der Waals surface area contributed by atoms with Crippen LogP contribution < -0.4 is 5.73 Å². The molecule has 0 aliphatic heterocycles. The van der Waals surface area contributed by atoms with Gasteiger partial charge in [-0.15, -0.1) is 0 Å². The molecule has 2 aliphatic rings. The predicted octanol–water partition coefficient (Wildman–Crippen LogP) is 4.89. The zero-order chi connectivity index (χ0) is 13.0. The van der Waals surface area contributed by atoms with Crippen LogP contribution in [0.3, 0.4) is 0 Å². The first-order chi connectivity index (χ1) is 8.62. The van der Waals surface area contributed by atoms with Crippen molar-refractivity contribution in [1.29, 1.82) is 0 Å². The smallest absolute Gasteiger partial charge is 0.0182 e. The average molecular weight is 251 g/mol.